The highest BCUT2D eigenvalue weighted by Gasteiger charge is 2.21. The van der Waals surface area contributed by atoms with Gasteiger partial charge in [0.05, 0.1) is 21.4 Å². The van der Waals surface area contributed by atoms with Gasteiger partial charge in [-0.3, -0.25) is 0 Å². The Bertz CT molecular complexity index is 683. The molecule has 0 spiro atoms. The number of aromatic hydroxyl groups is 2. The number of phenols is 2. The van der Waals surface area contributed by atoms with Crippen LogP contribution in [0.2, 0.25) is 0 Å². The molecule has 0 aromatic heterocycles. The van der Waals surface area contributed by atoms with Crippen molar-refractivity contribution in [1.29, 1.82) is 0 Å². The summed E-state index contributed by atoms with van der Waals surface area (Å²) in [5, 5.41) is 20.0. The molecular formula is C18H20I2O4. The van der Waals surface area contributed by atoms with Gasteiger partial charge >= 0.3 is 0 Å². The second-order valence-electron chi connectivity index (χ2n) is 5.68. The zero-order chi connectivity index (χ0) is 18.0. The van der Waals surface area contributed by atoms with Gasteiger partial charge < -0.3 is 19.7 Å². The molecule has 2 aromatic carbocycles. The van der Waals surface area contributed by atoms with Crippen molar-refractivity contribution in [3.63, 3.8) is 0 Å². The fraction of sp³-hybridized carbons (Fsp3) is 0.333. The summed E-state index contributed by atoms with van der Waals surface area (Å²) in [6, 6.07) is 7.70. The highest BCUT2D eigenvalue weighted by molar-refractivity contribution is 14.1. The Hall–Kier alpha value is -0.900. The molecular weight excluding hydrogens is 534 g/mol. The lowest BCUT2D eigenvalue weighted by Crippen LogP contribution is -2.06. The van der Waals surface area contributed by atoms with Crippen molar-refractivity contribution in [2.45, 2.75) is 25.7 Å². The molecule has 0 aliphatic carbocycles. The smallest absolute Gasteiger partial charge is 0.171 e. The highest BCUT2D eigenvalue weighted by atomic mass is 127. The van der Waals surface area contributed by atoms with Gasteiger partial charge in [0.25, 0.3) is 0 Å². The molecule has 4 nitrogen and oxygen atoms in total. The van der Waals surface area contributed by atoms with E-state index in [9.17, 15) is 10.2 Å². The number of halogens is 2. The summed E-state index contributed by atoms with van der Waals surface area (Å²) in [4.78, 5) is 0. The van der Waals surface area contributed by atoms with E-state index in [0.29, 0.717) is 11.5 Å². The topological polar surface area (TPSA) is 58.9 Å². The predicted octanol–water partition coefficient (Wildman–Crippen LogP) is 5.23. The van der Waals surface area contributed by atoms with Gasteiger partial charge in [0.15, 0.2) is 23.0 Å². The van der Waals surface area contributed by atoms with E-state index in [4.69, 9.17) is 9.47 Å². The Labute approximate surface area is 169 Å². The summed E-state index contributed by atoms with van der Waals surface area (Å²) < 4.78 is 12.1. The third kappa shape index (κ3) is 3.84. The quantitative estimate of drug-likeness (QED) is 0.498. The van der Waals surface area contributed by atoms with E-state index >= 15 is 0 Å². The van der Waals surface area contributed by atoms with Crippen LogP contribution >= 0.6 is 45.2 Å². The minimum absolute atomic E-state index is 0.169. The standard InChI is InChI=1S/C18H20I2O4/c1-9(11-5-13(19)17(21)15(7-11)23-3)10(2)12-6-14(20)18(22)16(8-12)24-4/h5-10,21-22H,1-4H3. The highest BCUT2D eigenvalue weighted by Crippen LogP contribution is 2.41. The molecule has 0 fully saturated rings. The van der Waals surface area contributed by atoms with Crippen molar-refractivity contribution in [2.24, 2.45) is 0 Å². The Balaban J connectivity index is 2.41. The van der Waals surface area contributed by atoms with Crippen molar-refractivity contribution >= 4 is 45.2 Å². The third-order valence-corrected chi connectivity index (χ3v) is 5.99. The second kappa shape index (κ2) is 7.99. The Kier molecular flexibility index (Phi) is 6.46. The molecule has 0 bridgehead atoms. The molecule has 2 aromatic rings. The number of hydrogen-bond donors (Lipinski definition) is 2. The van der Waals surface area contributed by atoms with E-state index in [1.54, 1.807) is 14.2 Å². The van der Waals surface area contributed by atoms with Crippen LogP contribution in [-0.2, 0) is 0 Å². The van der Waals surface area contributed by atoms with Gasteiger partial charge in [0, 0.05) is 0 Å². The lowest BCUT2D eigenvalue weighted by molar-refractivity contribution is 0.369. The molecule has 0 amide bonds. The van der Waals surface area contributed by atoms with Gasteiger partial charge in [-0.15, -0.1) is 0 Å². The first-order valence-electron chi connectivity index (χ1n) is 7.42. The van der Waals surface area contributed by atoms with Crippen LogP contribution in [0.1, 0.15) is 36.8 Å². The normalized spacial score (nSPS) is 13.4. The average Bonchev–Trinajstić information content (AvgIpc) is 2.58. The summed E-state index contributed by atoms with van der Waals surface area (Å²) in [5.41, 5.74) is 2.17. The molecule has 0 heterocycles. The fourth-order valence-electron chi connectivity index (χ4n) is 2.60. The monoisotopic (exact) mass is 554 g/mol. The molecule has 0 saturated carbocycles. The Morgan fingerprint density at radius 3 is 1.38 bits per heavy atom. The molecule has 2 rings (SSSR count). The van der Waals surface area contributed by atoms with E-state index in [0.717, 1.165) is 18.3 Å². The summed E-state index contributed by atoms with van der Waals surface area (Å²) in [5.74, 6) is 1.68. The third-order valence-electron chi connectivity index (χ3n) is 4.34. The molecule has 2 unspecified atom stereocenters. The predicted molar refractivity (Wildman–Crippen MR) is 112 cm³/mol. The van der Waals surface area contributed by atoms with E-state index in [1.807, 2.05) is 24.3 Å². The summed E-state index contributed by atoms with van der Waals surface area (Å²) >= 11 is 4.21. The maximum absolute atomic E-state index is 10.0. The first-order chi connectivity index (χ1) is 11.3. The number of benzene rings is 2. The van der Waals surface area contributed by atoms with E-state index < -0.39 is 0 Å². The molecule has 24 heavy (non-hydrogen) atoms. The largest absolute Gasteiger partial charge is 0.504 e. The van der Waals surface area contributed by atoms with E-state index in [1.165, 1.54) is 0 Å². The van der Waals surface area contributed by atoms with Crippen LogP contribution in [0, 0.1) is 7.14 Å². The number of phenolic OH excluding ortho intramolecular Hbond substituents is 2. The molecule has 2 atom stereocenters. The molecule has 6 heteroatoms. The Morgan fingerprint density at radius 1 is 0.750 bits per heavy atom. The van der Waals surface area contributed by atoms with E-state index in [2.05, 4.69) is 59.0 Å². The summed E-state index contributed by atoms with van der Waals surface area (Å²) in [7, 11) is 3.10. The molecule has 0 saturated heterocycles. The molecule has 0 aliphatic heterocycles. The van der Waals surface area contributed by atoms with Gasteiger partial charge in [0.2, 0.25) is 0 Å². The van der Waals surface area contributed by atoms with E-state index in [-0.39, 0.29) is 23.3 Å². The zero-order valence-electron chi connectivity index (χ0n) is 13.9. The summed E-state index contributed by atoms with van der Waals surface area (Å²) in [6.07, 6.45) is 0. The first-order valence-corrected chi connectivity index (χ1v) is 9.58. The van der Waals surface area contributed by atoms with Crippen molar-refractivity contribution in [3.8, 4) is 23.0 Å². The molecule has 2 N–H and O–H groups in total. The number of methoxy groups -OCH3 is 2. The van der Waals surface area contributed by atoms with Gasteiger partial charge in [-0.25, -0.2) is 0 Å². The van der Waals surface area contributed by atoms with Crippen LogP contribution in [-0.4, -0.2) is 24.4 Å². The first kappa shape index (κ1) is 19.4. The van der Waals surface area contributed by atoms with Gasteiger partial charge in [-0.1, -0.05) is 13.8 Å². The zero-order valence-corrected chi connectivity index (χ0v) is 18.2. The lowest BCUT2D eigenvalue weighted by Gasteiger charge is -2.23. The summed E-state index contributed by atoms with van der Waals surface area (Å²) in [6.45, 7) is 4.28. The maximum atomic E-state index is 10.0. The fourth-order valence-corrected chi connectivity index (χ4v) is 3.85. The van der Waals surface area contributed by atoms with Crippen LogP contribution in [0.4, 0.5) is 0 Å². The van der Waals surface area contributed by atoms with Crippen molar-refractivity contribution < 1.29 is 19.7 Å². The second-order valence-corrected chi connectivity index (χ2v) is 8.01. The van der Waals surface area contributed by atoms with Crippen molar-refractivity contribution in [3.05, 3.63) is 42.5 Å². The number of rotatable bonds is 5. The van der Waals surface area contributed by atoms with Crippen LogP contribution in [0.15, 0.2) is 24.3 Å². The van der Waals surface area contributed by atoms with Crippen LogP contribution in [0.25, 0.3) is 0 Å². The van der Waals surface area contributed by atoms with Gasteiger partial charge in [-0.05, 0) is 92.4 Å². The van der Waals surface area contributed by atoms with Crippen molar-refractivity contribution in [2.75, 3.05) is 14.2 Å². The maximum Gasteiger partial charge on any atom is 0.171 e. The van der Waals surface area contributed by atoms with Crippen LogP contribution in [0.5, 0.6) is 23.0 Å². The van der Waals surface area contributed by atoms with Crippen LogP contribution in [0.3, 0.4) is 0 Å². The van der Waals surface area contributed by atoms with Gasteiger partial charge in [-0.2, -0.15) is 0 Å². The minimum Gasteiger partial charge on any atom is -0.504 e. The molecule has 130 valence electrons. The number of ether oxygens (including phenoxy) is 2. The van der Waals surface area contributed by atoms with Crippen LogP contribution < -0.4 is 9.47 Å². The van der Waals surface area contributed by atoms with Gasteiger partial charge in [0.1, 0.15) is 0 Å². The minimum atomic E-state index is 0.169. The van der Waals surface area contributed by atoms with Crippen molar-refractivity contribution in [1.82, 2.24) is 0 Å². The number of hydrogen-bond acceptors (Lipinski definition) is 4. The molecule has 0 radical (unpaired) electrons. The SMILES string of the molecule is COc1cc(C(C)C(C)c2cc(I)c(O)c(OC)c2)cc(I)c1O. The molecule has 0 aliphatic rings. The Morgan fingerprint density at radius 2 is 1.08 bits per heavy atom. The lowest BCUT2D eigenvalue weighted by atomic mass is 9.84. The average molecular weight is 554 g/mol.